The Balaban J connectivity index is 1.60. The smallest absolute Gasteiger partial charge is 0.251 e. The monoisotopic (exact) mass is 362 g/mol. The molecule has 6 nitrogen and oxygen atoms in total. The lowest BCUT2D eigenvalue weighted by Gasteiger charge is -2.27. The molecule has 0 bridgehead atoms. The van der Waals surface area contributed by atoms with Crippen LogP contribution in [-0.4, -0.2) is 27.2 Å². The van der Waals surface area contributed by atoms with Crippen LogP contribution in [0.3, 0.4) is 0 Å². The highest BCUT2D eigenvalue weighted by Crippen LogP contribution is 2.26. The van der Waals surface area contributed by atoms with Crippen molar-refractivity contribution in [1.82, 2.24) is 14.7 Å². The van der Waals surface area contributed by atoms with Gasteiger partial charge in [0.1, 0.15) is 5.76 Å². The Hall–Kier alpha value is -3.15. The van der Waals surface area contributed by atoms with Crippen molar-refractivity contribution >= 4 is 17.7 Å². The molecule has 0 radical (unpaired) electrons. The Labute approximate surface area is 158 Å². The number of aromatic nitrogens is 3. The average Bonchev–Trinajstić information content (AvgIpc) is 3.21. The molecule has 0 unspecified atom stereocenters. The summed E-state index contributed by atoms with van der Waals surface area (Å²) in [4.78, 5) is 19.0. The van der Waals surface area contributed by atoms with E-state index in [4.69, 9.17) is 4.52 Å². The van der Waals surface area contributed by atoms with Crippen LogP contribution in [0.25, 0.3) is 11.9 Å². The molecule has 3 aromatic rings. The molecule has 0 fully saturated rings. The second-order valence-electron chi connectivity index (χ2n) is 6.85. The molecule has 0 aromatic carbocycles. The third kappa shape index (κ3) is 3.18. The van der Waals surface area contributed by atoms with Gasteiger partial charge in [-0.05, 0) is 63.5 Å². The Morgan fingerprint density at radius 1 is 1.26 bits per heavy atom. The molecule has 0 aliphatic carbocycles. The summed E-state index contributed by atoms with van der Waals surface area (Å²) >= 11 is 0. The van der Waals surface area contributed by atoms with Crippen LogP contribution in [0, 0.1) is 20.8 Å². The van der Waals surface area contributed by atoms with Crippen LogP contribution in [0.2, 0.25) is 0 Å². The highest BCUT2D eigenvalue weighted by atomic mass is 16.5. The molecule has 27 heavy (non-hydrogen) atoms. The fourth-order valence-electron chi connectivity index (χ4n) is 3.64. The van der Waals surface area contributed by atoms with Crippen molar-refractivity contribution in [3.05, 3.63) is 64.9 Å². The molecule has 0 atom stereocenters. The van der Waals surface area contributed by atoms with Crippen molar-refractivity contribution in [3.63, 3.8) is 0 Å². The number of nitrogens with zero attached hydrogens (tertiary/aromatic N) is 4. The summed E-state index contributed by atoms with van der Waals surface area (Å²) in [5.41, 5.74) is 4.96. The molecule has 0 N–H and O–H groups in total. The lowest BCUT2D eigenvalue weighted by atomic mass is 10.1. The molecule has 1 aliphatic rings. The molecule has 0 saturated heterocycles. The van der Waals surface area contributed by atoms with E-state index in [0.717, 1.165) is 59.3 Å². The van der Waals surface area contributed by atoms with Gasteiger partial charge in [-0.2, -0.15) is 0 Å². The van der Waals surface area contributed by atoms with Gasteiger partial charge in [0, 0.05) is 36.3 Å². The molecular formula is C21H22N4O2. The zero-order valence-electron chi connectivity index (χ0n) is 15.8. The van der Waals surface area contributed by atoms with Crippen LogP contribution in [0.4, 0.5) is 5.69 Å². The lowest BCUT2D eigenvalue weighted by molar-refractivity contribution is -0.114. The summed E-state index contributed by atoms with van der Waals surface area (Å²) in [6, 6.07) is 7.79. The van der Waals surface area contributed by atoms with E-state index in [0.29, 0.717) is 0 Å². The van der Waals surface area contributed by atoms with E-state index in [1.165, 1.54) is 0 Å². The number of rotatable bonds is 3. The number of carbonyl (C=O) groups excluding carboxylic acids is 1. The number of hydrogen-bond acceptors (Lipinski definition) is 4. The molecule has 4 heterocycles. The molecule has 1 amide bonds. The zero-order chi connectivity index (χ0) is 19.0. The topological polar surface area (TPSA) is 64.2 Å². The molecule has 3 aromatic heterocycles. The van der Waals surface area contributed by atoms with Crippen LogP contribution in [0.15, 0.2) is 41.1 Å². The number of amides is 1. The lowest BCUT2D eigenvalue weighted by Crippen LogP contribution is -2.34. The van der Waals surface area contributed by atoms with Crippen LogP contribution in [0.1, 0.15) is 34.8 Å². The number of carbonyl (C=O) groups is 1. The standard InChI is InChI=1S/C21H22N4O2/c1-14-12-17(16(3)25(14)20-13-15(2)27-23-20)8-9-21(26)24-11-5-6-18-19(24)7-4-10-22-18/h4,7-10,12-13H,5-6,11H2,1-3H3/b9-8+. The van der Waals surface area contributed by atoms with E-state index in [2.05, 4.69) is 16.2 Å². The first-order valence-electron chi connectivity index (χ1n) is 9.10. The first-order chi connectivity index (χ1) is 13.0. The third-order valence-corrected chi connectivity index (χ3v) is 4.94. The molecule has 6 heteroatoms. The summed E-state index contributed by atoms with van der Waals surface area (Å²) in [5.74, 6) is 1.50. The first-order valence-corrected chi connectivity index (χ1v) is 9.10. The van der Waals surface area contributed by atoms with E-state index in [1.54, 1.807) is 12.3 Å². The van der Waals surface area contributed by atoms with Crippen molar-refractivity contribution in [2.75, 3.05) is 11.4 Å². The number of hydrogen-bond donors (Lipinski definition) is 0. The quantitative estimate of drug-likeness (QED) is 0.665. The van der Waals surface area contributed by atoms with Crippen molar-refractivity contribution in [2.24, 2.45) is 0 Å². The van der Waals surface area contributed by atoms with Gasteiger partial charge in [-0.1, -0.05) is 5.16 Å². The summed E-state index contributed by atoms with van der Waals surface area (Å²) < 4.78 is 7.22. The fourth-order valence-corrected chi connectivity index (χ4v) is 3.64. The third-order valence-electron chi connectivity index (χ3n) is 4.94. The maximum Gasteiger partial charge on any atom is 0.251 e. The van der Waals surface area contributed by atoms with Gasteiger partial charge in [-0.25, -0.2) is 0 Å². The Kier molecular flexibility index (Phi) is 4.39. The van der Waals surface area contributed by atoms with Crippen LogP contribution in [0.5, 0.6) is 0 Å². The highest BCUT2D eigenvalue weighted by molar-refractivity contribution is 6.04. The summed E-state index contributed by atoms with van der Waals surface area (Å²) in [6.45, 7) is 6.62. The van der Waals surface area contributed by atoms with Crippen LogP contribution in [-0.2, 0) is 11.2 Å². The molecule has 0 spiro atoms. The predicted octanol–water partition coefficient (Wildman–Crippen LogP) is 3.78. The predicted molar refractivity (Wildman–Crippen MR) is 104 cm³/mol. The van der Waals surface area contributed by atoms with Gasteiger partial charge in [-0.15, -0.1) is 0 Å². The van der Waals surface area contributed by atoms with Gasteiger partial charge < -0.3 is 9.42 Å². The fraction of sp³-hybridized carbons (Fsp3) is 0.286. The minimum atomic E-state index is -0.0222. The second-order valence-corrected chi connectivity index (χ2v) is 6.85. The van der Waals surface area contributed by atoms with Gasteiger partial charge in [0.2, 0.25) is 0 Å². The molecule has 0 saturated carbocycles. The van der Waals surface area contributed by atoms with E-state index >= 15 is 0 Å². The van der Waals surface area contributed by atoms with Gasteiger partial charge in [0.15, 0.2) is 5.82 Å². The molecule has 4 rings (SSSR count). The van der Waals surface area contributed by atoms with E-state index in [1.807, 2.05) is 54.5 Å². The Morgan fingerprint density at radius 3 is 2.89 bits per heavy atom. The van der Waals surface area contributed by atoms with Crippen LogP contribution >= 0.6 is 0 Å². The Morgan fingerprint density at radius 2 is 2.11 bits per heavy atom. The maximum atomic E-state index is 12.8. The number of pyridine rings is 1. The van der Waals surface area contributed by atoms with E-state index in [9.17, 15) is 4.79 Å². The van der Waals surface area contributed by atoms with E-state index < -0.39 is 0 Å². The summed E-state index contributed by atoms with van der Waals surface area (Å²) in [7, 11) is 0. The minimum absolute atomic E-state index is 0.0222. The zero-order valence-corrected chi connectivity index (χ0v) is 15.8. The molecule has 1 aliphatic heterocycles. The number of aryl methyl sites for hydroxylation is 3. The van der Waals surface area contributed by atoms with E-state index in [-0.39, 0.29) is 5.91 Å². The number of anilines is 1. The van der Waals surface area contributed by atoms with Crippen molar-refractivity contribution in [2.45, 2.75) is 33.6 Å². The summed E-state index contributed by atoms with van der Waals surface area (Å²) in [6.07, 6.45) is 7.15. The maximum absolute atomic E-state index is 12.8. The minimum Gasteiger partial charge on any atom is -0.360 e. The SMILES string of the molecule is Cc1cc(-n2c(C)cc(/C=C/C(=O)N3CCCc4ncccc43)c2C)no1. The van der Waals surface area contributed by atoms with Gasteiger partial charge in [-0.3, -0.25) is 14.3 Å². The van der Waals surface area contributed by atoms with Crippen LogP contribution < -0.4 is 4.90 Å². The average molecular weight is 362 g/mol. The van der Waals surface area contributed by atoms with Gasteiger partial charge in [0.25, 0.3) is 5.91 Å². The molecular weight excluding hydrogens is 340 g/mol. The van der Waals surface area contributed by atoms with Crippen molar-refractivity contribution < 1.29 is 9.32 Å². The summed E-state index contributed by atoms with van der Waals surface area (Å²) in [5, 5.41) is 4.10. The second kappa shape index (κ2) is 6.87. The van der Waals surface area contributed by atoms with Crippen molar-refractivity contribution in [3.8, 4) is 5.82 Å². The Bertz CT molecular complexity index is 1030. The normalized spacial score (nSPS) is 14.0. The van der Waals surface area contributed by atoms with Gasteiger partial charge >= 0.3 is 0 Å². The van der Waals surface area contributed by atoms with Crippen molar-refractivity contribution in [1.29, 1.82) is 0 Å². The largest absolute Gasteiger partial charge is 0.360 e. The first kappa shape index (κ1) is 17.3. The highest BCUT2D eigenvalue weighted by Gasteiger charge is 2.21. The number of fused-ring (bicyclic) bond motifs is 1. The molecule has 138 valence electrons. The van der Waals surface area contributed by atoms with Gasteiger partial charge in [0.05, 0.1) is 11.4 Å².